The maximum Gasteiger partial charge on any atom is 0.433 e. The van der Waals surface area contributed by atoms with Crippen LogP contribution in [-0.4, -0.2) is 55.0 Å². The summed E-state index contributed by atoms with van der Waals surface area (Å²) >= 11 is 12.3. The van der Waals surface area contributed by atoms with E-state index in [1.807, 2.05) is 0 Å². The van der Waals surface area contributed by atoms with Crippen molar-refractivity contribution in [1.82, 2.24) is 19.7 Å². The van der Waals surface area contributed by atoms with E-state index < -0.39 is 59.1 Å². The van der Waals surface area contributed by atoms with Gasteiger partial charge in [-0.25, -0.2) is 0 Å². The molecular formula is C26H29Cl2F3N4O4. The minimum absolute atomic E-state index is 0.0157. The Kier molecular flexibility index (Phi) is 8.61. The van der Waals surface area contributed by atoms with Gasteiger partial charge in [-0.05, 0) is 45.4 Å². The first-order chi connectivity index (χ1) is 18.3. The number of ketones is 1. The number of carbonyl (C=O) groups excluding carboxylic acids is 2. The van der Waals surface area contributed by atoms with E-state index in [0.717, 1.165) is 30.1 Å². The van der Waals surface area contributed by atoms with E-state index in [-0.39, 0.29) is 41.3 Å². The van der Waals surface area contributed by atoms with Gasteiger partial charge in [-0.15, -0.1) is 0 Å². The van der Waals surface area contributed by atoms with Crippen molar-refractivity contribution in [3.8, 4) is 0 Å². The molecule has 212 valence electrons. The molecule has 2 aliphatic carbocycles. The number of rotatable bonds is 7. The molecule has 2 aromatic rings. The molecule has 2 saturated carbocycles. The summed E-state index contributed by atoms with van der Waals surface area (Å²) in [4.78, 5) is 43.6. The van der Waals surface area contributed by atoms with Crippen molar-refractivity contribution in [3.63, 3.8) is 0 Å². The minimum Gasteiger partial charge on any atom is -0.481 e. The third-order valence-electron chi connectivity index (χ3n) is 7.94. The molecule has 2 aromatic heterocycles. The monoisotopic (exact) mass is 588 g/mol. The molecule has 0 spiro atoms. The summed E-state index contributed by atoms with van der Waals surface area (Å²) in [6.07, 6.45) is 2.74. The van der Waals surface area contributed by atoms with Crippen LogP contribution in [0.5, 0.6) is 0 Å². The molecule has 0 atom stereocenters. The topological polar surface area (TPSA) is 105 Å². The molecule has 0 radical (unpaired) electrons. The number of halogens is 5. The second-order valence-corrected chi connectivity index (χ2v) is 11.4. The van der Waals surface area contributed by atoms with Crippen LogP contribution in [-0.2, 0) is 11.0 Å². The standard InChI is InChI=1S/C26H29Cl2F3N4O4/c1-25(24(38)39)9-7-16(8-10-25)35-22(26(29,30)31)17(11-33-35)23(37)34(15-5-3-2-4-6-15)14-20(36)21-18(27)12-32-13-19(21)28/h11-13,15-16H,2-10,14H2,1H3,(H,38,39)/t16-,25-. The lowest BCUT2D eigenvalue weighted by Crippen LogP contribution is -2.45. The molecule has 2 heterocycles. The van der Waals surface area contributed by atoms with Crippen LogP contribution in [0.15, 0.2) is 18.6 Å². The minimum atomic E-state index is -4.91. The van der Waals surface area contributed by atoms with Gasteiger partial charge in [0, 0.05) is 18.4 Å². The molecule has 0 saturated heterocycles. The average Bonchev–Trinajstić information content (AvgIpc) is 3.34. The summed E-state index contributed by atoms with van der Waals surface area (Å²) in [7, 11) is 0. The highest BCUT2D eigenvalue weighted by molar-refractivity contribution is 6.39. The zero-order chi connectivity index (χ0) is 28.5. The maximum absolute atomic E-state index is 14.4. The summed E-state index contributed by atoms with van der Waals surface area (Å²) < 4.78 is 44.1. The Morgan fingerprint density at radius 1 is 1.05 bits per heavy atom. The Labute approximate surface area is 233 Å². The third-order valence-corrected chi connectivity index (χ3v) is 8.51. The van der Waals surface area contributed by atoms with E-state index in [1.54, 1.807) is 6.92 Å². The van der Waals surface area contributed by atoms with Crippen molar-refractivity contribution in [3.05, 3.63) is 45.5 Å². The van der Waals surface area contributed by atoms with Crippen LogP contribution >= 0.6 is 23.2 Å². The molecule has 0 aromatic carbocycles. The first-order valence-electron chi connectivity index (χ1n) is 12.8. The van der Waals surface area contributed by atoms with Gasteiger partial charge in [-0.1, -0.05) is 42.5 Å². The number of hydrogen-bond acceptors (Lipinski definition) is 5. The summed E-state index contributed by atoms with van der Waals surface area (Å²) in [6.45, 7) is 1.07. The first kappa shape index (κ1) is 29.3. The highest BCUT2D eigenvalue weighted by atomic mass is 35.5. The molecule has 2 fully saturated rings. The SMILES string of the molecule is C[C@]1(C(=O)O)CC[C@H](n2ncc(C(=O)N(CC(=O)c3c(Cl)cncc3Cl)C3CCCCC3)c2C(F)(F)F)CC1. The molecule has 1 N–H and O–H groups in total. The van der Waals surface area contributed by atoms with Gasteiger partial charge in [0.05, 0.1) is 45.4 Å². The fourth-order valence-corrected chi connectivity index (χ4v) is 6.18. The predicted molar refractivity (Wildman–Crippen MR) is 137 cm³/mol. The van der Waals surface area contributed by atoms with Crippen molar-refractivity contribution in [2.45, 2.75) is 83.0 Å². The van der Waals surface area contributed by atoms with Gasteiger partial charge in [0.2, 0.25) is 0 Å². The number of aliphatic carboxylic acids is 1. The lowest BCUT2D eigenvalue weighted by molar-refractivity contribution is -0.152. The summed E-state index contributed by atoms with van der Waals surface area (Å²) in [6, 6.07) is -1.15. The third kappa shape index (κ3) is 6.09. The molecule has 2 aliphatic rings. The van der Waals surface area contributed by atoms with Crippen LogP contribution in [0.1, 0.15) is 97.2 Å². The predicted octanol–water partition coefficient (Wildman–Crippen LogP) is 6.47. The number of alkyl halides is 3. The average molecular weight is 589 g/mol. The number of carboxylic acid groups (broad SMARTS) is 1. The molecule has 1 amide bonds. The quantitative estimate of drug-likeness (QED) is 0.372. The van der Waals surface area contributed by atoms with Gasteiger partial charge in [0.15, 0.2) is 11.5 Å². The highest BCUT2D eigenvalue weighted by Gasteiger charge is 2.45. The summed E-state index contributed by atoms with van der Waals surface area (Å²) in [5.41, 5.74) is -2.89. The van der Waals surface area contributed by atoms with E-state index in [1.165, 1.54) is 17.3 Å². The smallest absolute Gasteiger partial charge is 0.433 e. The van der Waals surface area contributed by atoms with Crippen molar-refractivity contribution < 1.29 is 32.7 Å². The van der Waals surface area contributed by atoms with Crippen LogP contribution in [0.3, 0.4) is 0 Å². The van der Waals surface area contributed by atoms with Crippen molar-refractivity contribution >= 4 is 40.9 Å². The van der Waals surface area contributed by atoms with Crippen molar-refractivity contribution in [2.24, 2.45) is 5.41 Å². The summed E-state index contributed by atoms with van der Waals surface area (Å²) in [5.74, 6) is -2.54. The number of carboxylic acids is 1. The Morgan fingerprint density at radius 2 is 1.64 bits per heavy atom. The van der Waals surface area contributed by atoms with E-state index in [4.69, 9.17) is 23.2 Å². The number of Topliss-reactive ketones (excluding diaryl/α,β-unsaturated/α-hetero) is 1. The highest BCUT2D eigenvalue weighted by Crippen LogP contribution is 2.43. The molecule has 4 rings (SSSR count). The molecule has 0 unspecified atom stereocenters. The van der Waals surface area contributed by atoms with Gasteiger partial charge in [-0.2, -0.15) is 18.3 Å². The van der Waals surface area contributed by atoms with Crippen LogP contribution in [0, 0.1) is 5.41 Å². The Bertz CT molecular complexity index is 1230. The maximum atomic E-state index is 14.4. The van der Waals surface area contributed by atoms with Gasteiger partial charge in [-0.3, -0.25) is 24.0 Å². The zero-order valence-corrected chi connectivity index (χ0v) is 22.8. The van der Waals surface area contributed by atoms with E-state index in [0.29, 0.717) is 12.8 Å². The number of nitrogens with zero attached hydrogens (tertiary/aromatic N) is 4. The van der Waals surface area contributed by atoms with Gasteiger partial charge >= 0.3 is 12.1 Å². The van der Waals surface area contributed by atoms with Crippen LogP contribution in [0.4, 0.5) is 13.2 Å². The second kappa shape index (κ2) is 11.4. The van der Waals surface area contributed by atoms with Crippen LogP contribution < -0.4 is 0 Å². The zero-order valence-electron chi connectivity index (χ0n) is 21.3. The Hall–Kier alpha value is -2.66. The first-order valence-corrected chi connectivity index (χ1v) is 13.6. The Balaban J connectivity index is 1.68. The van der Waals surface area contributed by atoms with Gasteiger partial charge in [0.25, 0.3) is 5.91 Å². The van der Waals surface area contributed by atoms with Crippen molar-refractivity contribution in [2.75, 3.05) is 6.54 Å². The molecule has 13 heteroatoms. The fraction of sp³-hybridized carbons (Fsp3) is 0.577. The molecule has 39 heavy (non-hydrogen) atoms. The fourth-order valence-electron chi connectivity index (χ4n) is 5.60. The summed E-state index contributed by atoms with van der Waals surface area (Å²) in [5, 5.41) is 13.4. The number of aromatic nitrogens is 3. The largest absolute Gasteiger partial charge is 0.481 e. The normalized spacial score (nSPS) is 22.5. The molecular weight excluding hydrogens is 560 g/mol. The number of amides is 1. The molecule has 8 nitrogen and oxygen atoms in total. The number of pyridine rings is 1. The van der Waals surface area contributed by atoms with Gasteiger partial charge in [0.1, 0.15) is 0 Å². The Morgan fingerprint density at radius 3 is 2.18 bits per heavy atom. The van der Waals surface area contributed by atoms with Crippen LogP contribution in [0.2, 0.25) is 10.0 Å². The molecule has 0 aliphatic heterocycles. The lowest BCUT2D eigenvalue weighted by Gasteiger charge is -2.35. The number of hydrogen-bond donors (Lipinski definition) is 1. The van der Waals surface area contributed by atoms with Crippen molar-refractivity contribution in [1.29, 1.82) is 0 Å². The van der Waals surface area contributed by atoms with E-state index in [9.17, 15) is 32.7 Å². The van der Waals surface area contributed by atoms with Gasteiger partial charge < -0.3 is 10.0 Å². The number of carbonyl (C=O) groups is 3. The van der Waals surface area contributed by atoms with Crippen LogP contribution in [0.25, 0.3) is 0 Å². The molecule has 0 bridgehead atoms. The van der Waals surface area contributed by atoms with E-state index in [2.05, 4.69) is 10.1 Å². The lowest BCUT2D eigenvalue weighted by atomic mass is 9.74. The second-order valence-electron chi connectivity index (χ2n) is 10.6. The van der Waals surface area contributed by atoms with E-state index >= 15 is 0 Å².